The second-order valence-electron chi connectivity index (χ2n) is 3.06. The molecule has 1 rings (SSSR count). The number of nitrogens with one attached hydrogen (secondary N) is 1. The van der Waals surface area contributed by atoms with Crippen molar-refractivity contribution in [3.05, 3.63) is 0 Å². The van der Waals surface area contributed by atoms with E-state index in [0.717, 1.165) is 17.4 Å². The number of halogens is 1. The van der Waals surface area contributed by atoms with Crippen LogP contribution in [-0.4, -0.2) is 29.6 Å². The lowest BCUT2D eigenvalue weighted by molar-refractivity contribution is -0.124. The van der Waals surface area contributed by atoms with E-state index in [0.29, 0.717) is 6.61 Å². The third-order valence-electron chi connectivity index (χ3n) is 1.96. The van der Waals surface area contributed by atoms with Crippen molar-refractivity contribution in [3.63, 3.8) is 0 Å². The van der Waals surface area contributed by atoms with Crippen LogP contribution in [-0.2, 0) is 9.53 Å². The quantitative estimate of drug-likeness (QED) is 0.619. The standard InChI is InChI=1S/C8H14INO2/c1-6-4-7(5-12-6)8(11)10-3-2-9/h6-7H,2-5H2,1H3,(H,10,11). The summed E-state index contributed by atoms with van der Waals surface area (Å²) in [7, 11) is 0. The Bertz CT molecular complexity index is 163. The Labute approximate surface area is 86.4 Å². The van der Waals surface area contributed by atoms with Crippen LogP contribution in [0, 0.1) is 5.92 Å². The fourth-order valence-corrected chi connectivity index (χ4v) is 1.58. The molecule has 1 saturated heterocycles. The second-order valence-corrected chi connectivity index (χ2v) is 4.14. The van der Waals surface area contributed by atoms with E-state index in [2.05, 4.69) is 27.9 Å². The lowest BCUT2D eigenvalue weighted by Crippen LogP contribution is -2.32. The summed E-state index contributed by atoms with van der Waals surface area (Å²) < 4.78 is 6.27. The molecule has 1 fully saturated rings. The predicted molar refractivity (Wildman–Crippen MR) is 55.4 cm³/mol. The van der Waals surface area contributed by atoms with E-state index in [-0.39, 0.29) is 17.9 Å². The van der Waals surface area contributed by atoms with Crippen molar-refractivity contribution in [2.75, 3.05) is 17.6 Å². The molecule has 2 atom stereocenters. The fraction of sp³-hybridized carbons (Fsp3) is 0.875. The predicted octanol–water partition coefficient (Wildman–Crippen LogP) is 0.963. The molecule has 0 aliphatic carbocycles. The highest BCUT2D eigenvalue weighted by molar-refractivity contribution is 14.1. The summed E-state index contributed by atoms with van der Waals surface area (Å²) in [5.74, 6) is 0.235. The lowest BCUT2D eigenvalue weighted by Gasteiger charge is -2.07. The van der Waals surface area contributed by atoms with Gasteiger partial charge in [-0.25, -0.2) is 0 Å². The molecular formula is C8H14INO2. The molecule has 12 heavy (non-hydrogen) atoms. The van der Waals surface area contributed by atoms with Gasteiger partial charge < -0.3 is 10.1 Å². The van der Waals surface area contributed by atoms with Crippen LogP contribution < -0.4 is 5.32 Å². The van der Waals surface area contributed by atoms with Crippen molar-refractivity contribution in [1.82, 2.24) is 5.32 Å². The van der Waals surface area contributed by atoms with E-state index >= 15 is 0 Å². The summed E-state index contributed by atoms with van der Waals surface area (Å²) in [5.41, 5.74) is 0. The van der Waals surface area contributed by atoms with E-state index in [9.17, 15) is 4.79 Å². The van der Waals surface area contributed by atoms with Gasteiger partial charge in [-0.1, -0.05) is 22.6 Å². The molecule has 0 aromatic rings. The van der Waals surface area contributed by atoms with Crippen LogP contribution in [0.4, 0.5) is 0 Å². The molecule has 70 valence electrons. The number of hydrogen-bond donors (Lipinski definition) is 1. The Balaban J connectivity index is 2.23. The van der Waals surface area contributed by atoms with Crippen LogP contribution in [0.2, 0.25) is 0 Å². The highest BCUT2D eigenvalue weighted by Crippen LogP contribution is 2.18. The smallest absolute Gasteiger partial charge is 0.225 e. The van der Waals surface area contributed by atoms with Gasteiger partial charge in [0, 0.05) is 11.0 Å². The molecule has 4 heteroatoms. The van der Waals surface area contributed by atoms with Crippen molar-refractivity contribution in [2.24, 2.45) is 5.92 Å². The van der Waals surface area contributed by atoms with Gasteiger partial charge in [-0.05, 0) is 13.3 Å². The van der Waals surface area contributed by atoms with Gasteiger partial charge in [0.2, 0.25) is 5.91 Å². The van der Waals surface area contributed by atoms with Gasteiger partial charge in [-0.15, -0.1) is 0 Å². The van der Waals surface area contributed by atoms with E-state index in [1.54, 1.807) is 0 Å². The second kappa shape index (κ2) is 5.01. The molecule has 0 bridgehead atoms. The number of carbonyl (C=O) groups excluding carboxylic acids is 1. The van der Waals surface area contributed by atoms with Crippen molar-refractivity contribution >= 4 is 28.5 Å². The maximum Gasteiger partial charge on any atom is 0.225 e. The average molecular weight is 283 g/mol. The molecule has 1 amide bonds. The molecule has 1 heterocycles. The summed E-state index contributed by atoms with van der Waals surface area (Å²) >= 11 is 2.24. The zero-order valence-corrected chi connectivity index (χ0v) is 9.34. The number of carbonyl (C=O) groups is 1. The first-order valence-corrected chi connectivity index (χ1v) is 5.72. The van der Waals surface area contributed by atoms with Gasteiger partial charge in [0.05, 0.1) is 18.6 Å². The lowest BCUT2D eigenvalue weighted by atomic mass is 10.1. The van der Waals surface area contributed by atoms with Gasteiger partial charge >= 0.3 is 0 Å². The topological polar surface area (TPSA) is 38.3 Å². The molecule has 0 aromatic heterocycles. The third-order valence-corrected chi connectivity index (χ3v) is 2.50. The number of alkyl halides is 1. The van der Waals surface area contributed by atoms with E-state index < -0.39 is 0 Å². The SMILES string of the molecule is CC1CC(C(=O)NCCI)CO1. The third kappa shape index (κ3) is 2.90. The number of ether oxygens (including phenoxy) is 1. The maximum atomic E-state index is 11.4. The van der Waals surface area contributed by atoms with Gasteiger partial charge in [0.15, 0.2) is 0 Å². The molecule has 1 aliphatic rings. The van der Waals surface area contributed by atoms with Gasteiger partial charge in [0.25, 0.3) is 0 Å². The summed E-state index contributed by atoms with van der Waals surface area (Å²) in [6.07, 6.45) is 1.12. The maximum absolute atomic E-state index is 11.4. The van der Waals surface area contributed by atoms with Crippen LogP contribution in [0.5, 0.6) is 0 Å². The Kier molecular flexibility index (Phi) is 4.28. The molecule has 1 aliphatic heterocycles. The van der Waals surface area contributed by atoms with Crippen molar-refractivity contribution in [2.45, 2.75) is 19.4 Å². The van der Waals surface area contributed by atoms with Crippen LogP contribution in [0.1, 0.15) is 13.3 Å². The van der Waals surface area contributed by atoms with Crippen molar-refractivity contribution < 1.29 is 9.53 Å². The molecule has 1 N–H and O–H groups in total. The molecule has 2 unspecified atom stereocenters. The van der Waals surface area contributed by atoms with E-state index in [1.807, 2.05) is 6.92 Å². The zero-order chi connectivity index (χ0) is 8.97. The molecular weight excluding hydrogens is 269 g/mol. The monoisotopic (exact) mass is 283 g/mol. The first kappa shape index (κ1) is 10.2. The van der Waals surface area contributed by atoms with Gasteiger partial charge in [-0.2, -0.15) is 0 Å². The zero-order valence-electron chi connectivity index (χ0n) is 7.18. The minimum atomic E-state index is 0.0861. The summed E-state index contributed by atoms with van der Waals surface area (Å²) in [6, 6.07) is 0. The Morgan fingerprint density at radius 3 is 3.00 bits per heavy atom. The average Bonchev–Trinajstić information content (AvgIpc) is 2.47. The Morgan fingerprint density at radius 1 is 1.75 bits per heavy atom. The summed E-state index contributed by atoms with van der Waals surface area (Å²) in [6.45, 7) is 3.37. The van der Waals surface area contributed by atoms with E-state index in [1.165, 1.54) is 0 Å². The Hall–Kier alpha value is 0.160. The van der Waals surface area contributed by atoms with Gasteiger partial charge in [-0.3, -0.25) is 4.79 Å². The Morgan fingerprint density at radius 2 is 2.50 bits per heavy atom. The fourth-order valence-electron chi connectivity index (χ4n) is 1.31. The largest absolute Gasteiger partial charge is 0.378 e. The van der Waals surface area contributed by atoms with Crippen LogP contribution >= 0.6 is 22.6 Å². The van der Waals surface area contributed by atoms with Crippen LogP contribution in [0.3, 0.4) is 0 Å². The van der Waals surface area contributed by atoms with Crippen molar-refractivity contribution in [1.29, 1.82) is 0 Å². The molecule has 0 radical (unpaired) electrons. The summed E-state index contributed by atoms with van der Waals surface area (Å²) in [4.78, 5) is 11.4. The van der Waals surface area contributed by atoms with Crippen LogP contribution in [0.15, 0.2) is 0 Å². The number of rotatable bonds is 3. The van der Waals surface area contributed by atoms with Crippen LogP contribution in [0.25, 0.3) is 0 Å². The first-order chi connectivity index (χ1) is 5.74. The first-order valence-electron chi connectivity index (χ1n) is 4.19. The highest BCUT2D eigenvalue weighted by atomic mass is 127. The van der Waals surface area contributed by atoms with E-state index in [4.69, 9.17) is 4.74 Å². The molecule has 0 saturated carbocycles. The summed E-state index contributed by atoms with van der Waals surface area (Å²) in [5, 5.41) is 2.87. The minimum absolute atomic E-state index is 0.0861. The molecule has 3 nitrogen and oxygen atoms in total. The number of amides is 1. The number of hydrogen-bond acceptors (Lipinski definition) is 2. The van der Waals surface area contributed by atoms with Gasteiger partial charge in [0.1, 0.15) is 0 Å². The normalized spacial score (nSPS) is 28.8. The minimum Gasteiger partial charge on any atom is -0.378 e. The molecule has 0 aromatic carbocycles. The molecule has 0 spiro atoms. The highest BCUT2D eigenvalue weighted by Gasteiger charge is 2.27. The van der Waals surface area contributed by atoms with Crippen molar-refractivity contribution in [3.8, 4) is 0 Å².